The number of benzene rings is 2. The summed E-state index contributed by atoms with van der Waals surface area (Å²) in [6.45, 7) is 3.02. The summed E-state index contributed by atoms with van der Waals surface area (Å²) in [6, 6.07) is 16.5. The lowest BCUT2D eigenvalue weighted by atomic mass is 9.96. The molecule has 2 aromatic carbocycles. The summed E-state index contributed by atoms with van der Waals surface area (Å²) in [6.07, 6.45) is 0.936. The second-order valence-corrected chi connectivity index (χ2v) is 8.71. The first-order valence-corrected chi connectivity index (χ1v) is 10.8. The van der Waals surface area contributed by atoms with Crippen LogP contribution in [0.4, 0.5) is 0 Å². The summed E-state index contributed by atoms with van der Waals surface area (Å²) in [5, 5.41) is 0. The molecule has 0 amide bonds. The van der Waals surface area contributed by atoms with E-state index in [0.29, 0.717) is 37.3 Å². The highest BCUT2D eigenvalue weighted by atomic mass is 32.2. The summed E-state index contributed by atoms with van der Waals surface area (Å²) in [7, 11) is -3.63. The number of fused-ring (bicyclic) bond motifs is 1. The molecule has 2 aliphatic rings. The van der Waals surface area contributed by atoms with Crippen LogP contribution in [-0.2, 0) is 19.6 Å². The summed E-state index contributed by atoms with van der Waals surface area (Å²) in [5.41, 5.74) is 1.61. The number of ether oxygens (including phenoxy) is 1. The van der Waals surface area contributed by atoms with Crippen LogP contribution in [0, 0.1) is 5.92 Å². The molecule has 1 unspecified atom stereocenters. The predicted molar refractivity (Wildman–Crippen MR) is 105 cm³/mol. The number of hydrogen-bond donors (Lipinski definition) is 0. The first-order valence-electron chi connectivity index (χ1n) is 9.40. The number of amidine groups is 1. The van der Waals surface area contributed by atoms with Crippen molar-refractivity contribution in [3.05, 3.63) is 65.7 Å². The Labute approximate surface area is 164 Å². The summed E-state index contributed by atoms with van der Waals surface area (Å²) in [4.78, 5) is 14.7. The fourth-order valence-electron chi connectivity index (χ4n) is 3.71. The van der Waals surface area contributed by atoms with Crippen molar-refractivity contribution in [1.29, 1.82) is 0 Å². The van der Waals surface area contributed by atoms with Gasteiger partial charge in [-0.15, -0.1) is 4.40 Å². The van der Waals surface area contributed by atoms with Crippen molar-refractivity contribution in [3.8, 4) is 0 Å². The van der Waals surface area contributed by atoms with E-state index in [4.69, 9.17) is 4.74 Å². The van der Waals surface area contributed by atoms with E-state index >= 15 is 0 Å². The Balaban J connectivity index is 1.40. The van der Waals surface area contributed by atoms with E-state index in [1.807, 2.05) is 48.2 Å². The van der Waals surface area contributed by atoms with E-state index in [1.165, 1.54) is 0 Å². The molecule has 146 valence electrons. The average molecular weight is 398 g/mol. The maximum absolute atomic E-state index is 12.5. The number of piperidine rings is 1. The quantitative estimate of drug-likeness (QED) is 0.743. The smallest absolute Gasteiger partial charge is 0.309 e. The highest BCUT2D eigenvalue weighted by Crippen LogP contribution is 2.30. The molecule has 6 nitrogen and oxygen atoms in total. The van der Waals surface area contributed by atoms with Crippen LogP contribution < -0.4 is 0 Å². The third-order valence-electron chi connectivity index (χ3n) is 5.30. The first kappa shape index (κ1) is 18.7. The molecule has 2 heterocycles. The molecule has 4 rings (SSSR count). The van der Waals surface area contributed by atoms with E-state index in [1.54, 1.807) is 18.2 Å². The molecule has 2 aliphatic heterocycles. The Kier molecular flexibility index (Phi) is 4.93. The number of nitrogens with zero attached hydrogens (tertiary/aromatic N) is 2. The van der Waals surface area contributed by atoms with Crippen LogP contribution in [-0.4, -0.2) is 38.2 Å². The second-order valence-electron chi connectivity index (χ2n) is 7.14. The van der Waals surface area contributed by atoms with Gasteiger partial charge in [-0.25, -0.2) is 0 Å². The van der Waals surface area contributed by atoms with Gasteiger partial charge in [0.15, 0.2) is 5.84 Å². The molecule has 0 spiro atoms. The van der Waals surface area contributed by atoms with Crippen LogP contribution in [0.25, 0.3) is 0 Å². The van der Waals surface area contributed by atoms with Gasteiger partial charge >= 0.3 is 5.97 Å². The van der Waals surface area contributed by atoms with Gasteiger partial charge in [0.25, 0.3) is 10.0 Å². The summed E-state index contributed by atoms with van der Waals surface area (Å²) in [5.74, 6) is 0.105. The molecule has 0 bridgehead atoms. The van der Waals surface area contributed by atoms with Crippen molar-refractivity contribution >= 4 is 21.8 Å². The Morgan fingerprint density at radius 1 is 1.07 bits per heavy atom. The third-order valence-corrected chi connectivity index (χ3v) is 6.63. The van der Waals surface area contributed by atoms with E-state index < -0.39 is 10.0 Å². The van der Waals surface area contributed by atoms with Gasteiger partial charge in [-0.1, -0.05) is 42.5 Å². The third kappa shape index (κ3) is 3.54. The molecular weight excluding hydrogens is 376 g/mol. The van der Waals surface area contributed by atoms with Gasteiger partial charge < -0.3 is 9.64 Å². The van der Waals surface area contributed by atoms with E-state index in [0.717, 1.165) is 5.56 Å². The minimum atomic E-state index is -3.63. The van der Waals surface area contributed by atoms with Crippen LogP contribution in [0.2, 0.25) is 0 Å². The zero-order valence-corrected chi connectivity index (χ0v) is 16.4. The lowest BCUT2D eigenvalue weighted by molar-refractivity contribution is -0.155. The molecule has 0 N–H and O–H groups in total. The SMILES string of the molecule is CC(OC(=O)C1CCN(C2=NS(=O)(=O)c3ccccc32)CC1)c1ccccc1. The lowest BCUT2D eigenvalue weighted by Gasteiger charge is -2.32. The standard InChI is InChI=1S/C21H22N2O4S/c1-15(16-7-3-2-4-8-16)27-21(24)17-11-13-23(14-12-17)20-18-9-5-6-10-19(18)28(25,26)22-20/h2-10,15,17H,11-14H2,1H3. The van der Waals surface area contributed by atoms with Crippen molar-refractivity contribution in [1.82, 2.24) is 4.90 Å². The predicted octanol–water partition coefficient (Wildman–Crippen LogP) is 3.15. The number of likely N-dealkylation sites (tertiary alicyclic amines) is 1. The van der Waals surface area contributed by atoms with Crippen molar-refractivity contribution < 1.29 is 17.9 Å². The molecule has 0 aromatic heterocycles. The van der Waals surface area contributed by atoms with Gasteiger partial charge in [-0.2, -0.15) is 8.42 Å². The van der Waals surface area contributed by atoms with Crippen LogP contribution in [0.1, 0.15) is 37.0 Å². The van der Waals surface area contributed by atoms with Gasteiger partial charge in [-0.05, 0) is 37.5 Å². The first-order chi connectivity index (χ1) is 13.5. The fourth-order valence-corrected chi connectivity index (χ4v) is 4.93. The van der Waals surface area contributed by atoms with Crippen LogP contribution in [0.15, 0.2) is 63.9 Å². The summed E-state index contributed by atoms with van der Waals surface area (Å²) < 4.78 is 34.1. The topological polar surface area (TPSA) is 76.0 Å². The van der Waals surface area contributed by atoms with Gasteiger partial charge in [0.1, 0.15) is 11.0 Å². The Morgan fingerprint density at radius 2 is 1.71 bits per heavy atom. The highest BCUT2D eigenvalue weighted by Gasteiger charge is 2.35. The van der Waals surface area contributed by atoms with Crippen molar-refractivity contribution in [2.24, 2.45) is 10.3 Å². The van der Waals surface area contributed by atoms with Crippen LogP contribution in [0.3, 0.4) is 0 Å². The molecule has 0 saturated carbocycles. The minimum Gasteiger partial charge on any atom is -0.458 e. The average Bonchev–Trinajstić information content (AvgIpc) is 3.00. The molecule has 0 aliphatic carbocycles. The maximum Gasteiger partial charge on any atom is 0.309 e. The zero-order chi connectivity index (χ0) is 19.7. The number of carbonyl (C=O) groups is 1. The van der Waals surface area contributed by atoms with Crippen molar-refractivity contribution in [3.63, 3.8) is 0 Å². The molecule has 7 heteroatoms. The normalized spacial score (nSPS) is 19.6. The zero-order valence-electron chi connectivity index (χ0n) is 15.6. The minimum absolute atomic E-state index is 0.184. The van der Waals surface area contributed by atoms with Gasteiger partial charge in [0.2, 0.25) is 0 Å². The lowest BCUT2D eigenvalue weighted by Crippen LogP contribution is -2.40. The molecule has 1 fully saturated rings. The highest BCUT2D eigenvalue weighted by molar-refractivity contribution is 7.90. The molecule has 1 atom stereocenters. The van der Waals surface area contributed by atoms with Crippen LogP contribution in [0.5, 0.6) is 0 Å². The molecule has 2 aromatic rings. The van der Waals surface area contributed by atoms with E-state index in [9.17, 15) is 13.2 Å². The summed E-state index contributed by atoms with van der Waals surface area (Å²) >= 11 is 0. The van der Waals surface area contributed by atoms with Gasteiger partial charge in [0.05, 0.1) is 5.92 Å². The second kappa shape index (κ2) is 7.39. The van der Waals surface area contributed by atoms with Crippen molar-refractivity contribution in [2.45, 2.75) is 30.8 Å². The largest absolute Gasteiger partial charge is 0.458 e. The number of hydrogen-bond acceptors (Lipinski definition) is 5. The molecule has 0 radical (unpaired) electrons. The number of rotatable bonds is 3. The Morgan fingerprint density at radius 3 is 2.43 bits per heavy atom. The maximum atomic E-state index is 12.5. The van der Waals surface area contributed by atoms with E-state index in [2.05, 4.69) is 4.40 Å². The molecule has 1 saturated heterocycles. The number of sulfonamides is 1. The number of carbonyl (C=O) groups excluding carboxylic acids is 1. The van der Waals surface area contributed by atoms with Crippen molar-refractivity contribution in [2.75, 3.05) is 13.1 Å². The molecular formula is C21H22N2O4S. The monoisotopic (exact) mass is 398 g/mol. The van der Waals surface area contributed by atoms with Crippen LogP contribution >= 0.6 is 0 Å². The van der Waals surface area contributed by atoms with Gasteiger partial charge in [0, 0.05) is 18.7 Å². The fraction of sp³-hybridized carbons (Fsp3) is 0.333. The Hall–Kier alpha value is -2.67. The van der Waals surface area contributed by atoms with E-state index in [-0.39, 0.29) is 22.9 Å². The number of esters is 1. The Bertz CT molecular complexity index is 1010. The van der Waals surface area contributed by atoms with Gasteiger partial charge in [-0.3, -0.25) is 4.79 Å². The molecule has 28 heavy (non-hydrogen) atoms.